The highest BCUT2D eigenvalue weighted by atomic mass is 32.2. The Labute approximate surface area is 191 Å². The summed E-state index contributed by atoms with van der Waals surface area (Å²) in [5.41, 5.74) is 1.87. The molecule has 31 heavy (non-hydrogen) atoms. The summed E-state index contributed by atoms with van der Waals surface area (Å²) in [4.78, 5) is 35.6. The maximum atomic E-state index is 13.5. The van der Waals surface area contributed by atoms with E-state index in [1.807, 2.05) is 19.1 Å². The molecular formula is C22H26N4O3S2. The maximum absolute atomic E-state index is 13.5. The van der Waals surface area contributed by atoms with E-state index in [0.717, 1.165) is 31.5 Å². The zero-order valence-corrected chi connectivity index (χ0v) is 19.4. The van der Waals surface area contributed by atoms with E-state index >= 15 is 0 Å². The minimum absolute atomic E-state index is 0.163. The average molecular weight is 459 g/mol. The molecule has 2 fully saturated rings. The van der Waals surface area contributed by atoms with E-state index in [0.29, 0.717) is 45.8 Å². The third-order valence-corrected chi connectivity index (χ3v) is 6.98. The molecule has 0 aliphatic carbocycles. The second-order valence-corrected chi connectivity index (χ2v) is 9.44. The molecule has 7 nitrogen and oxygen atoms in total. The number of fused-ring (bicyclic) bond motifs is 1. The van der Waals surface area contributed by atoms with Crippen LogP contribution in [0.15, 0.2) is 28.0 Å². The van der Waals surface area contributed by atoms with Gasteiger partial charge in [-0.3, -0.25) is 18.9 Å². The van der Waals surface area contributed by atoms with Crippen LogP contribution < -0.4 is 10.5 Å². The summed E-state index contributed by atoms with van der Waals surface area (Å²) in [6.45, 7) is 4.72. The van der Waals surface area contributed by atoms with Crippen LogP contribution in [-0.2, 0) is 9.53 Å². The highest BCUT2D eigenvalue weighted by molar-refractivity contribution is 8.26. The molecule has 0 atom stereocenters. The van der Waals surface area contributed by atoms with Crippen LogP contribution in [0.1, 0.15) is 36.8 Å². The molecule has 4 rings (SSSR count). The summed E-state index contributed by atoms with van der Waals surface area (Å²) in [5.74, 6) is 0.494. The first-order chi connectivity index (χ1) is 15.0. The molecule has 0 aromatic carbocycles. The number of hydrogen-bond donors (Lipinski definition) is 0. The maximum Gasteiger partial charge on any atom is 0.267 e. The van der Waals surface area contributed by atoms with Gasteiger partial charge in [-0.25, -0.2) is 4.98 Å². The fourth-order valence-electron chi connectivity index (χ4n) is 3.96. The molecule has 1 amide bonds. The molecule has 9 heteroatoms. The van der Waals surface area contributed by atoms with Crippen molar-refractivity contribution in [3.05, 3.63) is 44.7 Å². The minimum atomic E-state index is -0.168. The molecule has 0 N–H and O–H groups in total. The van der Waals surface area contributed by atoms with Crippen LogP contribution in [0.25, 0.3) is 11.7 Å². The van der Waals surface area contributed by atoms with E-state index in [1.165, 1.54) is 18.2 Å². The highest BCUT2D eigenvalue weighted by Crippen LogP contribution is 2.34. The Morgan fingerprint density at radius 2 is 2.03 bits per heavy atom. The quantitative estimate of drug-likeness (QED) is 0.374. The third-order valence-electron chi connectivity index (χ3n) is 5.60. The molecule has 0 radical (unpaired) electrons. The van der Waals surface area contributed by atoms with Crippen LogP contribution in [0.3, 0.4) is 0 Å². The number of thioether (sulfide) groups is 1. The van der Waals surface area contributed by atoms with Gasteiger partial charge in [-0.15, -0.1) is 0 Å². The van der Waals surface area contributed by atoms with Gasteiger partial charge < -0.3 is 9.64 Å². The van der Waals surface area contributed by atoms with Gasteiger partial charge in [0.2, 0.25) is 0 Å². The van der Waals surface area contributed by atoms with E-state index in [-0.39, 0.29) is 11.5 Å². The number of nitrogens with zero attached hydrogens (tertiary/aromatic N) is 4. The number of amides is 1. The summed E-state index contributed by atoms with van der Waals surface area (Å²) in [5, 5.41) is 0. The Kier molecular flexibility index (Phi) is 6.74. The van der Waals surface area contributed by atoms with Gasteiger partial charge in [0.15, 0.2) is 0 Å². The Balaban J connectivity index is 1.79. The Bertz CT molecular complexity index is 1110. The number of aromatic nitrogens is 2. The lowest BCUT2D eigenvalue weighted by atomic mass is 10.1. The predicted octanol–water partition coefficient (Wildman–Crippen LogP) is 3.23. The number of methoxy groups -OCH3 is 1. The minimum Gasteiger partial charge on any atom is -0.385 e. The molecule has 0 unspecified atom stereocenters. The molecule has 0 spiro atoms. The first-order valence-corrected chi connectivity index (χ1v) is 11.7. The van der Waals surface area contributed by atoms with Gasteiger partial charge in [0, 0.05) is 39.5 Å². The lowest BCUT2D eigenvalue weighted by Crippen LogP contribution is -2.34. The van der Waals surface area contributed by atoms with E-state index < -0.39 is 0 Å². The van der Waals surface area contributed by atoms with Gasteiger partial charge in [-0.05, 0) is 50.3 Å². The van der Waals surface area contributed by atoms with Crippen LogP contribution in [0.4, 0.5) is 5.82 Å². The van der Waals surface area contributed by atoms with Crippen LogP contribution in [-0.4, -0.2) is 57.9 Å². The van der Waals surface area contributed by atoms with Crippen LogP contribution in [0.2, 0.25) is 0 Å². The van der Waals surface area contributed by atoms with E-state index in [4.69, 9.17) is 21.9 Å². The van der Waals surface area contributed by atoms with Gasteiger partial charge in [-0.1, -0.05) is 30.0 Å². The van der Waals surface area contributed by atoms with Crippen molar-refractivity contribution in [2.45, 2.75) is 32.6 Å². The first-order valence-electron chi connectivity index (χ1n) is 10.5. The van der Waals surface area contributed by atoms with Gasteiger partial charge in [0.1, 0.15) is 15.8 Å². The van der Waals surface area contributed by atoms with Crippen molar-refractivity contribution < 1.29 is 9.53 Å². The molecule has 2 saturated heterocycles. The van der Waals surface area contributed by atoms with Crippen LogP contribution in [0, 0.1) is 6.92 Å². The van der Waals surface area contributed by atoms with Crippen molar-refractivity contribution >= 4 is 51.7 Å². The Morgan fingerprint density at radius 3 is 2.77 bits per heavy atom. The molecule has 164 valence electrons. The largest absolute Gasteiger partial charge is 0.385 e. The van der Waals surface area contributed by atoms with Gasteiger partial charge in [-0.2, -0.15) is 0 Å². The number of rotatable bonds is 6. The number of pyridine rings is 1. The van der Waals surface area contributed by atoms with Crippen LogP contribution in [0.5, 0.6) is 0 Å². The average Bonchev–Trinajstić information content (AvgIpc) is 3.04. The Morgan fingerprint density at radius 1 is 1.26 bits per heavy atom. The van der Waals surface area contributed by atoms with Gasteiger partial charge >= 0.3 is 0 Å². The molecular weight excluding hydrogens is 432 g/mol. The summed E-state index contributed by atoms with van der Waals surface area (Å²) in [7, 11) is 1.63. The summed E-state index contributed by atoms with van der Waals surface area (Å²) in [6.07, 6.45) is 7.42. The lowest BCUT2D eigenvalue weighted by molar-refractivity contribution is -0.122. The first kappa shape index (κ1) is 22.0. The number of thiocarbonyl (C=S) groups is 1. The zero-order chi connectivity index (χ0) is 22.0. The standard InChI is InChI=1S/C22H26N4O3S2/c1-15-8-6-11-25-18(15)23-19(24-9-4-3-5-10-24)16(20(25)27)14-17-21(28)26(22(30)31-17)12-7-13-29-2/h6,8,11,14H,3-5,7,9-10,12-13H2,1-2H3/b17-14+. The van der Waals surface area contributed by atoms with Crippen molar-refractivity contribution in [3.63, 3.8) is 0 Å². The molecule has 2 aliphatic heterocycles. The lowest BCUT2D eigenvalue weighted by Gasteiger charge is -2.29. The fourth-order valence-corrected chi connectivity index (χ4v) is 5.25. The van der Waals surface area contributed by atoms with Gasteiger partial charge in [0.05, 0.1) is 10.5 Å². The van der Waals surface area contributed by atoms with Crippen LogP contribution >= 0.6 is 24.0 Å². The Hall–Kier alpha value is -2.23. The number of piperidine rings is 1. The monoisotopic (exact) mass is 458 g/mol. The van der Waals surface area contributed by atoms with Gasteiger partial charge in [0.25, 0.3) is 11.5 Å². The molecule has 0 bridgehead atoms. The number of carbonyl (C=O) groups is 1. The molecule has 4 heterocycles. The van der Waals surface area contributed by atoms with Crippen molar-refractivity contribution in [1.82, 2.24) is 14.3 Å². The normalized spacial score (nSPS) is 18.6. The smallest absolute Gasteiger partial charge is 0.267 e. The molecule has 2 aromatic rings. The topological polar surface area (TPSA) is 67.2 Å². The van der Waals surface area contributed by atoms with E-state index in [1.54, 1.807) is 28.7 Å². The number of hydrogen-bond acceptors (Lipinski definition) is 7. The summed E-state index contributed by atoms with van der Waals surface area (Å²) in [6, 6.07) is 3.79. The van der Waals surface area contributed by atoms with Crippen molar-refractivity contribution in [2.75, 3.05) is 38.3 Å². The van der Waals surface area contributed by atoms with Crippen molar-refractivity contribution in [2.24, 2.45) is 0 Å². The third kappa shape index (κ3) is 4.40. The van der Waals surface area contributed by atoms with E-state index in [9.17, 15) is 9.59 Å². The molecule has 0 saturated carbocycles. The SMILES string of the molecule is COCCCN1C(=O)/C(=C\c2c(N3CCCCC3)nc3c(C)cccn3c2=O)SC1=S. The number of ether oxygens (including phenoxy) is 1. The van der Waals surface area contributed by atoms with Crippen molar-refractivity contribution in [3.8, 4) is 0 Å². The highest BCUT2D eigenvalue weighted by Gasteiger charge is 2.32. The fraction of sp³-hybridized carbons (Fsp3) is 0.455. The zero-order valence-electron chi connectivity index (χ0n) is 17.8. The summed E-state index contributed by atoms with van der Waals surface area (Å²) >= 11 is 6.66. The molecule has 2 aromatic heterocycles. The predicted molar refractivity (Wildman–Crippen MR) is 129 cm³/mol. The number of carbonyl (C=O) groups excluding carboxylic acids is 1. The second kappa shape index (κ2) is 9.50. The molecule has 2 aliphatic rings. The van der Waals surface area contributed by atoms with E-state index in [2.05, 4.69) is 4.90 Å². The number of anilines is 1. The van der Waals surface area contributed by atoms with Crippen molar-refractivity contribution in [1.29, 1.82) is 0 Å². The number of aryl methyl sites for hydroxylation is 1. The second-order valence-electron chi connectivity index (χ2n) is 7.77. The summed E-state index contributed by atoms with van der Waals surface area (Å²) < 4.78 is 7.16.